The number of carbonyl (C=O) groups excluding carboxylic acids is 1. The summed E-state index contributed by atoms with van der Waals surface area (Å²) in [7, 11) is 1.42. The fraction of sp³-hybridized carbons (Fsp3) is 0.312. The van der Waals surface area contributed by atoms with Crippen molar-refractivity contribution in [1.82, 2.24) is 14.9 Å². The zero-order valence-corrected chi connectivity index (χ0v) is 13.2. The summed E-state index contributed by atoms with van der Waals surface area (Å²) in [5.41, 5.74) is 7.26. The molecule has 24 heavy (non-hydrogen) atoms. The van der Waals surface area contributed by atoms with E-state index in [1.807, 2.05) is 0 Å². The zero-order valence-electron chi connectivity index (χ0n) is 13.2. The quantitative estimate of drug-likeness (QED) is 0.570. The number of nitrogens with two attached hydrogens (primary N) is 1. The highest BCUT2D eigenvalue weighted by molar-refractivity contribution is 5.87. The average molecular weight is 332 g/mol. The van der Waals surface area contributed by atoms with Gasteiger partial charge in [-0.05, 0) is 24.1 Å². The molecule has 0 aliphatic carbocycles. The molecule has 2 aromatic rings. The van der Waals surface area contributed by atoms with Gasteiger partial charge in [0.2, 0.25) is 5.91 Å². The lowest BCUT2D eigenvalue weighted by atomic mass is 10.0. The molecule has 8 nitrogen and oxygen atoms in total. The van der Waals surface area contributed by atoms with E-state index in [2.05, 4.69) is 9.97 Å². The third kappa shape index (κ3) is 4.32. The summed E-state index contributed by atoms with van der Waals surface area (Å²) >= 11 is 0. The monoisotopic (exact) mass is 332 g/mol. The molecular weight excluding hydrogens is 312 g/mol. The van der Waals surface area contributed by atoms with Crippen molar-refractivity contribution in [1.29, 1.82) is 0 Å². The van der Waals surface area contributed by atoms with Gasteiger partial charge in [0, 0.05) is 19.7 Å². The number of phenols is 1. The lowest BCUT2D eigenvalue weighted by Crippen LogP contribution is -2.51. The van der Waals surface area contributed by atoms with Gasteiger partial charge < -0.3 is 25.8 Å². The van der Waals surface area contributed by atoms with E-state index in [1.165, 1.54) is 25.5 Å². The van der Waals surface area contributed by atoms with Gasteiger partial charge in [-0.1, -0.05) is 12.1 Å². The van der Waals surface area contributed by atoms with E-state index >= 15 is 0 Å². The minimum absolute atomic E-state index is 0.0903. The number of aliphatic carboxylic acids is 1. The van der Waals surface area contributed by atoms with Crippen LogP contribution in [-0.2, 0) is 22.4 Å². The number of phenolic OH excluding ortho intramolecular Hbond substituents is 1. The van der Waals surface area contributed by atoms with Crippen LogP contribution in [0.4, 0.5) is 0 Å². The Hall–Kier alpha value is -2.87. The molecule has 2 atom stereocenters. The molecule has 2 rings (SSSR count). The summed E-state index contributed by atoms with van der Waals surface area (Å²) in [5, 5.41) is 18.7. The Morgan fingerprint density at radius 1 is 1.29 bits per heavy atom. The second kappa shape index (κ2) is 7.60. The summed E-state index contributed by atoms with van der Waals surface area (Å²) in [6.07, 6.45) is 3.38. The van der Waals surface area contributed by atoms with Gasteiger partial charge in [0.15, 0.2) is 0 Å². The summed E-state index contributed by atoms with van der Waals surface area (Å²) < 4.78 is 0. The average Bonchev–Trinajstić information content (AvgIpc) is 3.06. The Balaban J connectivity index is 2.04. The smallest absolute Gasteiger partial charge is 0.326 e. The van der Waals surface area contributed by atoms with Crippen molar-refractivity contribution in [3.05, 3.63) is 48.0 Å². The van der Waals surface area contributed by atoms with E-state index in [4.69, 9.17) is 5.73 Å². The summed E-state index contributed by atoms with van der Waals surface area (Å²) in [5.74, 6) is -1.46. The van der Waals surface area contributed by atoms with E-state index in [-0.39, 0.29) is 18.6 Å². The van der Waals surface area contributed by atoms with E-state index < -0.39 is 24.0 Å². The van der Waals surface area contributed by atoms with Gasteiger partial charge in [-0.25, -0.2) is 9.78 Å². The van der Waals surface area contributed by atoms with Crippen LogP contribution in [-0.4, -0.2) is 56.1 Å². The SMILES string of the molecule is CN(C(=O)C(N)Cc1ccc(O)cc1)C(Cc1c[nH]cn1)C(=O)O. The normalized spacial score (nSPS) is 13.2. The Morgan fingerprint density at radius 3 is 2.50 bits per heavy atom. The topological polar surface area (TPSA) is 133 Å². The number of H-pyrrole nitrogens is 1. The summed E-state index contributed by atoms with van der Waals surface area (Å²) in [4.78, 5) is 31.8. The van der Waals surface area contributed by atoms with E-state index in [0.29, 0.717) is 5.69 Å². The second-order valence-corrected chi connectivity index (χ2v) is 5.54. The Morgan fingerprint density at radius 2 is 1.96 bits per heavy atom. The standard InChI is InChI=1S/C16H20N4O4/c1-20(14(16(23)24)7-11-8-18-9-19-11)15(22)13(17)6-10-2-4-12(21)5-3-10/h2-5,8-9,13-14,21H,6-7,17H2,1H3,(H,18,19)(H,23,24). The van der Waals surface area contributed by atoms with Crippen LogP contribution in [0.1, 0.15) is 11.3 Å². The predicted octanol–water partition coefficient (Wildman–Crippen LogP) is 0.139. The molecule has 0 bridgehead atoms. The maximum Gasteiger partial charge on any atom is 0.326 e. The number of nitrogens with zero attached hydrogens (tertiary/aromatic N) is 2. The van der Waals surface area contributed by atoms with Crippen molar-refractivity contribution in [2.24, 2.45) is 5.73 Å². The van der Waals surface area contributed by atoms with Crippen LogP contribution in [0.25, 0.3) is 0 Å². The summed E-state index contributed by atoms with van der Waals surface area (Å²) in [6, 6.07) is 4.43. The summed E-state index contributed by atoms with van der Waals surface area (Å²) in [6.45, 7) is 0. The van der Waals surface area contributed by atoms with Crippen molar-refractivity contribution < 1.29 is 19.8 Å². The van der Waals surface area contributed by atoms with Crippen LogP contribution in [0.3, 0.4) is 0 Å². The molecule has 8 heteroatoms. The largest absolute Gasteiger partial charge is 0.508 e. The number of carbonyl (C=O) groups is 2. The highest BCUT2D eigenvalue weighted by Gasteiger charge is 2.30. The van der Waals surface area contributed by atoms with Crippen molar-refractivity contribution in [2.75, 3.05) is 7.05 Å². The number of hydrogen-bond donors (Lipinski definition) is 4. The molecule has 1 heterocycles. The van der Waals surface area contributed by atoms with Gasteiger partial charge in [-0.3, -0.25) is 4.79 Å². The molecule has 0 saturated heterocycles. The number of nitrogens with one attached hydrogen (secondary N) is 1. The highest BCUT2D eigenvalue weighted by atomic mass is 16.4. The van der Waals surface area contributed by atoms with Crippen LogP contribution in [0, 0.1) is 0 Å². The number of imidazole rings is 1. The van der Waals surface area contributed by atoms with Crippen molar-refractivity contribution in [3.8, 4) is 5.75 Å². The van der Waals surface area contributed by atoms with Crippen LogP contribution >= 0.6 is 0 Å². The molecule has 2 unspecified atom stereocenters. The Kier molecular flexibility index (Phi) is 5.54. The van der Waals surface area contributed by atoms with Crippen LogP contribution in [0.5, 0.6) is 5.75 Å². The molecule has 0 radical (unpaired) electrons. The number of hydrogen-bond acceptors (Lipinski definition) is 5. The minimum Gasteiger partial charge on any atom is -0.508 e. The Bertz CT molecular complexity index is 685. The molecule has 5 N–H and O–H groups in total. The third-order valence-corrected chi connectivity index (χ3v) is 3.77. The molecule has 1 aromatic carbocycles. The van der Waals surface area contributed by atoms with Gasteiger partial charge in [-0.2, -0.15) is 0 Å². The molecule has 0 aliphatic heterocycles. The second-order valence-electron chi connectivity index (χ2n) is 5.54. The van der Waals surface area contributed by atoms with Gasteiger partial charge in [0.25, 0.3) is 0 Å². The first-order valence-corrected chi connectivity index (χ1v) is 7.39. The first-order chi connectivity index (χ1) is 11.4. The number of aromatic nitrogens is 2. The molecule has 128 valence electrons. The number of carboxylic acids is 1. The molecule has 0 aliphatic rings. The maximum atomic E-state index is 12.4. The number of carboxylic acid groups (broad SMARTS) is 1. The van der Waals surface area contributed by atoms with Gasteiger partial charge in [0.1, 0.15) is 11.8 Å². The Labute approximate surface area is 138 Å². The number of amides is 1. The first-order valence-electron chi connectivity index (χ1n) is 7.39. The van der Waals surface area contributed by atoms with Crippen LogP contribution in [0.15, 0.2) is 36.8 Å². The van der Waals surface area contributed by atoms with Crippen LogP contribution < -0.4 is 5.73 Å². The third-order valence-electron chi connectivity index (χ3n) is 3.77. The van der Waals surface area contributed by atoms with Gasteiger partial charge in [0.05, 0.1) is 18.1 Å². The number of benzene rings is 1. The molecular formula is C16H20N4O4. The fourth-order valence-electron chi connectivity index (χ4n) is 2.38. The lowest BCUT2D eigenvalue weighted by molar-refractivity contribution is -0.149. The van der Waals surface area contributed by atoms with Crippen molar-refractivity contribution in [3.63, 3.8) is 0 Å². The van der Waals surface area contributed by atoms with Gasteiger partial charge >= 0.3 is 5.97 Å². The number of rotatable bonds is 7. The van der Waals surface area contributed by atoms with E-state index in [1.54, 1.807) is 18.3 Å². The predicted molar refractivity (Wildman–Crippen MR) is 86.3 cm³/mol. The minimum atomic E-state index is -1.12. The molecule has 0 spiro atoms. The van der Waals surface area contributed by atoms with E-state index in [9.17, 15) is 19.8 Å². The van der Waals surface area contributed by atoms with Gasteiger partial charge in [-0.15, -0.1) is 0 Å². The zero-order chi connectivity index (χ0) is 17.7. The van der Waals surface area contributed by atoms with E-state index in [0.717, 1.165) is 10.5 Å². The lowest BCUT2D eigenvalue weighted by Gasteiger charge is -2.27. The number of likely N-dealkylation sites (N-methyl/N-ethyl adjacent to an activating group) is 1. The number of aromatic hydroxyl groups is 1. The van der Waals surface area contributed by atoms with Crippen molar-refractivity contribution in [2.45, 2.75) is 24.9 Å². The van der Waals surface area contributed by atoms with Crippen LogP contribution in [0.2, 0.25) is 0 Å². The molecule has 0 fully saturated rings. The maximum absolute atomic E-state index is 12.4. The van der Waals surface area contributed by atoms with Crippen molar-refractivity contribution >= 4 is 11.9 Å². The highest BCUT2D eigenvalue weighted by Crippen LogP contribution is 2.13. The molecule has 1 amide bonds. The first kappa shape index (κ1) is 17.5. The number of aromatic amines is 1. The molecule has 0 saturated carbocycles. The molecule has 1 aromatic heterocycles. The fourth-order valence-corrected chi connectivity index (χ4v) is 2.38.